The van der Waals surface area contributed by atoms with Crippen molar-refractivity contribution < 1.29 is 33.8 Å². The fourth-order valence-electron chi connectivity index (χ4n) is 3.11. The van der Waals surface area contributed by atoms with Crippen molar-refractivity contribution >= 4 is 34.9 Å². The summed E-state index contributed by atoms with van der Waals surface area (Å²) in [7, 11) is 0. The summed E-state index contributed by atoms with van der Waals surface area (Å²) < 4.78 is 4.94. The quantitative estimate of drug-likeness (QED) is 0.266. The fourth-order valence-corrected chi connectivity index (χ4v) is 3.11. The summed E-state index contributed by atoms with van der Waals surface area (Å²) in [6.07, 6.45) is -0.305. The third-order valence-corrected chi connectivity index (χ3v) is 4.76. The maximum Gasteiger partial charge on any atom is 0.311 e. The van der Waals surface area contributed by atoms with Gasteiger partial charge in [0.1, 0.15) is 5.56 Å². The number of nitrogens with zero attached hydrogens (tertiary/aromatic N) is 3. The smallest absolute Gasteiger partial charge is 0.311 e. The Balaban J connectivity index is 1.57. The maximum absolute atomic E-state index is 12.4. The number of amides is 2. The molecule has 0 aromatic heterocycles. The predicted molar refractivity (Wildman–Crippen MR) is 109 cm³/mol. The zero-order valence-electron chi connectivity index (χ0n) is 16.8. The monoisotopic (exact) mass is 456 g/mol. The molecule has 0 saturated carbocycles. The molecular weight excluding hydrogens is 440 g/mol. The van der Waals surface area contributed by atoms with Gasteiger partial charge in [0.2, 0.25) is 11.7 Å². The van der Waals surface area contributed by atoms with E-state index in [-0.39, 0.29) is 29.8 Å². The molecule has 1 aliphatic rings. The number of ketones is 1. The Morgan fingerprint density at radius 3 is 2.48 bits per heavy atom. The lowest BCUT2D eigenvalue weighted by Gasteiger charge is -2.17. The predicted octanol–water partition coefficient (Wildman–Crippen LogP) is 1.42. The number of hydrazine groups is 1. The zero-order chi connectivity index (χ0) is 24.1. The molecule has 13 heteroatoms. The van der Waals surface area contributed by atoms with E-state index in [2.05, 4.69) is 5.43 Å². The van der Waals surface area contributed by atoms with Crippen molar-refractivity contribution in [2.45, 2.75) is 6.42 Å². The Bertz CT molecular complexity index is 1160. The van der Waals surface area contributed by atoms with Gasteiger partial charge in [-0.25, -0.2) is 0 Å². The summed E-state index contributed by atoms with van der Waals surface area (Å²) >= 11 is 0. The van der Waals surface area contributed by atoms with Crippen molar-refractivity contribution in [2.24, 2.45) is 5.92 Å². The minimum absolute atomic E-state index is 0.0159. The molecule has 13 nitrogen and oxygen atoms in total. The van der Waals surface area contributed by atoms with Gasteiger partial charge in [-0.15, -0.1) is 0 Å². The molecule has 1 fully saturated rings. The average molecular weight is 456 g/mol. The van der Waals surface area contributed by atoms with Crippen LogP contribution in [0, 0.1) is 26.1 Å². The lowest BCUT2D eigenvalue weighted by atomic mass is 10.1. The Hall–Kier alpha value is -4.68. The van der Waals surface area contributed by atoms with Gasteiger partial charge in [0.15, 0.2) is 6.61 Å². The van der Waals surface area contributed by atoms with Crippen LogP contribution in [0.15, 0.2) is 48.5 Å². The number of hydrogen-bond donors (Lipinski definition) is 1. The lowest BCUT2D eigenvalue weighted by molar-refractivity contribution is -0.385. The van der Waals surface area contributed by atoms with Crippen molar-refractivity contribution in [3.05, 3.63) is 79.9 Å². The van der Waals surface area contributed by atoms with E-state index >= 15 is 0 Å². The van der Waals surface area contributed by atoms with Gasteiger partial charge in [-0.2, -0.15) is 0 Å². The molecule has 0 unspecified atom stereocenters. The van der Waals surface area contributed by atoms with Crippen LogP contribution in [0.3, 0.4) is 0 Å². The standard InChI is InChI=1S/C20H16N4O9/c25-17(12-4-3-5-14(8-12)23(29)30)11-33-20(28)13-9-18(26)22(10-13)21-19(27)15-6-1-2-7-16(15)24(31)32/h1-8,13H,9-11H2,(H,21,27)/t13-/m0/s1. The van der Waals surface area contributed by atoms with Crippen LogP contribution in [0.2, 0.25) is 0 Å². The molecule has 0 radical (unpaired) electrons. The Labute approximate surface area is 185 Å². The van der Waals surface area contributed by atoms with E-state index < -0.39 is 51.6 Å². The number of para-hydroxylation sites is 1. The minimum atomic E-state index is -0.985. The molecule has 0 spiro atoms. The molecule has 2 amide bonds. The van der Waals surface area contributed by atoms with Gasteiger partial charge < -0.3 is 4.74 Å². The highest BCUT2D eigenvalue weighted by Gasteiger charge is 2.37. The number of Topliss-reactive ketones (excluding diaryl/α,β-unsaturated/α-hetero) is 1. The van der Waals surface area contributed by atoms with Gasteiger partial charge in [0.25, 0.3) is 17.3 Å². The third kappa shape index (κ3) is 5.33. The molecule has 0 aliphatic carbocycles. The van der Waals surface area contributed by atoms with Crippen LogP contribution in [0.5, 0.6) is 0 Å². The number of benzene rings is 2. The van der Waals surface area contributed by atoms with E-state index in [0.717, 1.165) is 17.1 Å². The first kappa shape index (κ1) is 23.0. The van der Waals surface area contributed by atoms with Crippen LogP contribution < -0.4 is 5.43 Å². The first-order chi connectivity index (χ1) is 15.7. The van der Waals surface area contributed by atoms with Gasteiger partial charge in [0.05, 0.1) is 22.3 Å². The topological polar surface area (TPSA) is 179 Å². The van der Waals surface area contributed by atoms with Crippen molar-refractivity contribution in [1.82, 2.24) is 10.4 Å². The van der Waals surface area contributed by atoms with Crippen LogP contribution in [0.1, 0.15) is 27.1 Å². The molecule has 1 N–H and O–H groups in total. The van der Waals surface area contributed by atoms with E-state index in [1.807, 2.05) is 0 Å². The highest BCUT2D eigenvalue weighted by molar-refractivity contribution is 6.00. The van der Waals surface area contributed by atoms with Gasteiger partial charge in [-0.1, -0.05) is 24.3 Å². The van der Waals surface area contributed by atoms with E-state index in [4.69, 9.17) is 4.74 Å². The van der Waals surface area contributed by atoms with Crippen molar-refractivity contribution in [3.63, 3.8) is 0 Å². The summed E-state index contributed by atoms with van der Waals surface area (Å²) in [6, 6.07) is 10.1. The van der Waals surface area contributed by atoms with Gasteiger partial charge in [-0.3, -0.25) is 49.8 Å². The van der Waals surface area contributed by atoms with E-state index in [0.29, 0.717) is 0 Å². The Morgan fingerprint density at radius 2 is 1.79 bits per heavy atom. The normalized spacial score (nSPS) is 15.1. The SMILES string of the molecule is O=C(COC(=O)[C@H]1CC(=O)N(NC(=O)c2ccccc2[N+](=O)[O-])C1)c1cccc([N+](=O)[O-])c1. The highest BCUT2D eigenvalue weighted by Crippen LogP contribution is 2.21. The van der Waals surface area contributed by atoms with Crippen molar-refractivity contribution in [2.75, 3.05) is 13.2 Å². The van der Waals surface area contributed by atoms with Gasteiger partial charge in [0, 0.05) is 30.2 Å². The fraction of sp³-hybridized carbons (Fsp3) is 0.200. The van der Waals surface area contributed by atoms with Gasteiger partial charge >= 0.3 is 5.97 Å². The summed E-state index contributed by atoms with van der Waals surface area (Å²) in [5, 5.41) is 22.7. The number of nitro benzene ring substituents is 2. The first-order valence-electron chi connectivity index (χ1n) is 9.46. The van der Waals surface area contributed by atoms with E-state index in [1.165, 1.54) is 36.4 Å². The average Bonchev–Trinajstić information content (AvgIpc) is 3.17. The minimum Gasteiger partial charge on any atom is -0.457 e. The Morgan fingerprint density at radius 1 is 1.06 bits per heavy atom. The van der Waals surface area contributed by atoms with Crippen LogP contribution in [0.25, 0.3) is 0 Å². The number of rotatable bonds is 8. The molecular formula is C20H16N4O9. The molecule has 1 saturated heterocycles. The molecule has 1 aliphatic heterocycles. The number of esters is 1. The zero-order valence-corrected chi connectivity index (χ0v) is 16.8. The summed E-state index contributed by atoms with van der Waals surface area (Å²) in [5.74, 6) is -4.04. The molecule has 2 aromatic rings. The summed E-state index contributed by atoms with van der Waals surface area (Å²) in [4.78, 5) is 69.5. The maximum atomic E-state index is 12.4. The second-order valence-electron chi connectivity index (χ2n) is 6.96. The number of nitro groups is 2. The number of ether oxygens (including phenoxy) is 1. The number of hydrogen-bond acceptors (Lipinski definition) is 9. The molecule has 1 heterocycles. The molecule has 2 aromatic carbocycles. The second kappa shape index (κ2) is 9.64. The lowest BCUT2D eigenvalue weighted by Crippen LogP contribution is -2.43. The number of non-ortho nitro benzene ring substituents is 1. The van der Waals surface area contributed by atoms with Crippen molar-refractivity contribution in [3.8, 4) is 0 Å². The highest BCUT2D eigenvalue weighted by atomic mass is 16.6. The third-order valence-electron chi connectivity index (χ3n) is 4.76. The van der Waals surface area contributed by atoms with Crippen LogP contribution in [-0.2, 0) is 14.3 Å². The van der Waals surface area contributed by atoms with Crippen LogP contribution in [-0.4, -0.2) is 51.6 Å². The number of nitrogens with one attached hydrogen (secondary N) is 1. The Kier molecular flexibility index (Phi) is 6.71. The largest absolute Gasteiger partial charge is 0.457 e. The molecule has 170 valence electrons. The number of carbonyl (C=O) groups is 4. The van der Waals surface area contributed by atoms with E-state index in [1.54, 1.807) is 0 Å². The molecule has 3 rings (SSSR count). The number of carbonyl (C=O) groups excluding carboxylic acids is 4. The van der Waals surface area contributed by atoms with Crippen LogP contribution in [0.4, 0.5) is 11.4 Å². The second-order valence-corrected chi connectivity index (χ2v) is 6.96. The molecule has 0 bridgehead atoms. The molecule has 1 atom stereocenters. The van der Waals surface area contributed by atoms with Crippen molar-refractivity contribution in [1.29, 1.82) is 0 Å². The first-order valence-corrected chi connectivity index (χ1v) is 9.46. The van der Waals surface area contributed by atoms with Crippen LogP contribution >= 0.6 is 0 Å². The summed E-state index contributed by atoms with van der Waals surface area (Å²) in [5.41, 5.74) is 1.22. The van der Waals surface area contributed by atoms with Gasteiger partial charge in [-0.05, 0) is 6.07 Å². The van der Waals surface area contributed by atoms with E-state index in [9.17, 15) is 39.4 Å². The summed E-state index contributed by atoms with van der Waals surface area (Å²) in [6.45, 7) is -0.942. The molecule has 33 heavy (non-hydrogen) atoms.